The first-order chi connectivity index (χ1) is 11.6. The summed E-state index contributed by atoms with van der Waals surface area (Å²) in [6, 6.07) is 0.615. The van der Waals surface area contributed by atoms with E-state index < -0.39 is 0 Å². The molecular formula is C21H33NO2. The third-order valence-electron chi connectivity index (χ3n) is 7.55. The molecule has 1 N–H and O–H groups in total. The number of carbonyl (C=O) groups excluding carboxylic acids is 1. The summed E-state index contributed by atoms with van der Waals surface area (Å²) in [7, 11) is 0. The van der Waals surface area contributed by atoms with Crippen LogP contribution in [-0.2, 0) is 9.53 Å². The number of esters is 1. The van der Waals surface area contributed by atoms with Crippen molar-refractivity contribution >= 4 is 5.97 Å². The number of hydrogen-bond acceptors (Lipinski definition) is 3. The summed E-state index contributed by atoms with van der Waals surface area (Å²) < 4.78 is 5.86. The Kier molecular flexibility index (Phi) is 4.49. The minimum absolute atomic E-state index is 0.0566. The van der Waals surface area contributed by atoms with Crippen LogP contribution in [0.3, 0.4) is 0 Å². The Morgan fingerprint density at radius 2 is 2.04 bits per heavy atom. The van der Waals surface area contributed by atoms with Gasteiger partial charge >= 0.3 is 5.97 Å². The van der Waals surface area contributed by atoms with Gasteiger partial charge in [-0.15, -0.1) is 0 Å². The van der Waals surface area contributed by atoms with Crippen LogP contribution in [0.1, 0.15) is 71.1 Å². The number of nitrogens with one attached hydrogen (secondary N) is 1. The van der Waals surface area contributed by atoms with Crippen LogP contribution in [0.5, 0.6) is 0 Å². The molecule has 0 bridgehead atoms. The summed E-state index contributed by atoms with van der Waals surface area (Å²) in [5, 5.41) is 3.70. The molecule has 0 aromatic carbocycles. The molecule has 0 aromatic rings. The van der Waals surface area contributed by atoms with Crippen molar-refractivity contribution in [3.63, 3.8) is 0 Å². The Hall–Kier alpha value is -0.830. The second-order valence-electron chi connectivity index (χ2n) is 9.15. The molecule has 0 amide bonds. The number of rotatable bonds is 3. The van der Waals surface area contributed by atoms with Gasteiger partial charge in [-0.25, -0.2) is 0 Å². The van der Waals surface area contributed by atoms with Crippen molar-refractivity contribution in [1.29, 1.82) is 0 Å². The lowest BCUT2D eigenvalue weighted by molar-refractivity contribution is -0.146. The SMILES string of the molecule is C=C1CCC[C@]2(C)C[C@H]3OC(=O)C(CNC4CCCCC4)[C@H]3CC12. The molecule has 0 spiro atoms. The maximum atomic E-state index is 12.5. The molecule has 4 fully saturated rings. The van der Waals surface area contributed by atoms with Gasteiger partial charge < -0.3 is 10.1 Å². The van der Waals surface area contributed by atoms with Gasteiger partial charge in [0.05, 0.1) is 5.92 Å². The lowest BCUT2D eigenvalue weighted by Gasteiger charge is -2.50. The second-order valence-corrected chi connectivity index (χ2v) is 9.15. The fraction of sp³-hybridized carbons (Fsp3) is 0.857. The van der Waals surface area contributed by atoms with Crippen LogP contribution >= 0.6 is 0 Å². The van der Waals surface area contributed by atoms with Gasteiger partial charge in [0, 0.05) is 18.5 Å². The summed E-state index contributed by atoms with van der Waals surface area (Å²) >= 11 is 0. The quantitative estimate of drug-likeness (QED) is 0.621. The molecule has 2 unspecified atom stereocenters. The summed E-state index contributed by atoms with van der Waals surface area (Å²) in [5.74, 6) is 1.12. The van der Waals surface area contributed by atoms with Gasteiger partial charge in [0.2, 0.25) is 0 Å². The maximum absolute atomic E-state index is 12.5. The first-order valence-electron chi connectivity index (χ1n) is 10.2. The molecule has 24 heavy (non-hydrogen) atoms. The summed E-state index contributed by atoms with van der Waals surface area (Å²) in [6.07, 6.45) is 12.6. The standard InChI is InChI=1S/C21H33NO2/c1-14-7-6-10-21(2)12-19-16(11-18(14)21)17(20(23)24-19)13-22-15-8-4-3-5-9-15/h15-19,22H,1,3-13H2,2H3/t16-,17?,18?,19-,21-/m1/s1. The van der Waals surface area contributed by atoms with Gasteiger partial charge in [-0.05, 0) is 56.3 Å². The molecular weight excluding hydrogens is 298 g/mol. The Labute approximate surface area is 146 Å². The molecule has 3 aliphatic carbocycles. The van der Waals surface area contributed by atoms with E-state index >= 15 is 0 Å². The Morgan fingerprint density at radius 1 is 1.25 bits per heavy atom. The Balaban J connectivity index is 1.43. The van der Waals surface area contributed by atoms with Crippen LogP contribution in [0, 0.1) is 23.2 Å². The van der Waals surface area contributed by atoms with E-state index in [1.807, 2.05) is 0 Å². The molecule has 5 atom stereocenters. The molecule has 4 rings (SSSR count). The lowest BCUT2D eigenvalue weighted by atomic mass is 9.55. The van der Waals surface area contributed by atoms with Gasteiger partial charge in [0.1, 0.15) is 6.10 Å². The molecule has 3 heteroatoms. The average Bonchev–Trinajstić information content (AvgIpc) is 2.86. The Morgan fingerprint density at radius 3 is 2.83 bits per heavy atom. The van der Waals surface area contributed by atoms with Gasteiger partial charge in [0.25, 0.3) is 0 Å². The zero-order chi connectivity index (χ0) is 16.7. The minimum Gasteiger partial charge on any atom is -0.462 e. The van der Waals surface area contributed by atoms with Crippen molar-refractivity contribution in [1.82, 2.24) is 5.32 Å². The third kappa shape index (κ3) is 2.94. The zero-order valence-corrected chi connectivity index (χ0v) is 15.2. The number of hydrogen-bond donors (Lipinski definition) is 1. The molecule has 3 saturated carbocycles. The van der Waals surface area contributed by atoms with Gasteiger partial charge in [0.15, 0.2) is 0 Å². The average molecular weight is 332 g/mol. The zero-order valence-electron chi connectivity index (χ0n) is 15.2. The van der Waals surface area contributed by atoms with Crippen LogP contribution in [-0.4, -0.2) is 24.7 Å². The van der Waals surface area contributed by atoms with Crippen molar-refractivity contribution in [3.05, 3.63) is 12.2 Å². The van der Waals surface area contributed by atoms with E-state index in [1.54, 1.807) is 0 Å². The molecule has 134 valence electrons. The van der Waals surface area contributed by atoms with E-state index in [1.165, 1.54) is 56.9 Å². The van der Waals surface area contributed by atoms with E-state index in [2.05, 4.69) is 18.8 Å². The van der Waals surface area contributed by atoms with E-state index in [4.69, 9.17) is 4.74 Å². The van der Waals surface area contributed by atoms with Crippen LogP contribution in [0.2, 0.25) is 0 Å². The van der Waals surface area contributed by atoms with Crippen LogP contribution in [0.4, 0.5) is 0 Å². The number of allylic oxidation sites excluding steroid dienone is 1. The smallest absolute Gasteiger partial charge is 0.310 e. The summed E-state index contributed by atoms with van der Waals surface area (Å²) in [4.78, 5) is 12.5. The van der Waals surface area contributed by atoms with Crippen molar-refractivity contribution in [2.75, 3.05) is 6.54 Å². The second kappa shape index (κ2) is 6.48. The predicted octanol–water partition coefficient (Wildman–Crippen LogP) is 4.22. The van der Waals surface area contributed by atoms with Crippen LogP contribution in [0.15, 0.2) is 12.2 Å². The topological polar surface area (TPSA) is 38.3 Å². The molecule has 1 saturated heterocycles. The summed E-state index contributed by atoms with van der Waals surface area (Å²) in [6.45, 7) is 7.60. The van der Waals surface area contributed by atoms with E-state index in [0.29, 0.717) is 23.3 Å². The van der Waals surface area contributed by atoms with E-state index in [9.17, 15) is 4.79 Å². The van der Waals surface area contributed by atoms with E-state index in [-0.39, 0.29) is 18.0 Å². The fourth-order valence-corrected chi connectivity index (χ4v) is 6.09. The molecule has 4 aliphatic rings. The van der Waals surface area contributed by atoms with Crippen LogP contribution < -0.4 is 5.32 Å². The molecule has 3 nitrogen and oxygen atoms in total. The number of carbonyl (C=O) groups is 1. The molecule has 0 radical (unpaired) electrons. The van der Waals surface area contributed by atoms with Gasteiger partial charge in [-0.2, -0.15) is 0 Å². The molecule has 1 heterocycles. The number of ether oxygens (including phenoxy) is 1. The highest BCUT2D eigenvalue weighted by Crippen LogP contribution is 2.56. The minimum atomic E-state index is 0.0566. The highest BCUT2D eigenvalue weighted by atomic mass is 16.6. The van der Waals surface area contributed by atoms with Gasteiger partial charge in [-0.1, -0.05) is 38.3 Å². The summed E-state index contributed by atoms with van der Waals surface area (Å²) in [5.41, 5.74) is 1.74. The van der Waals surface area contributed by atoms with E-state index in [0.717, 1.165) is 19.4 Å². The molecule has 1 aliphatic heterocycles. The lowest BCUT2D eigenvalue weighted by Crippen LogP contribution is -2.46. The normalized spacial score (nSPS) is 43.2. The maximum Gasteiger partial charge on any atom is 0.310 e. The fourth-order valence-electron chi connectivity index (χ4n) is 6.09. The van der Waals surface area contributed by atoms with Crippen molar-refractivity contribution in [2.45, 2.75) is 83.3 Å². The largest absolute Gasteiger partial charge is 0.462 e. The predicted molar refractivity (Wildman–Crippen MR) is 95.6 cm³/mol. The van der Waals surface area contributed by atoms with Crippen molar-refractivity contribution in [2.24, 2.45) is 23.2 Å². The first kappa shape index (κ1) is 16.6. The van der Waals surface area contributed by atoms with Crippen LogP contribution in [0.25, 0.3) is 0 Å². The highest BCUT2D eigenvalue weighted by Gasteiger charge is 2.54. The number of fused-ring (bicyclic) bond motifs is 2. The Bertz CT molecular complexity index is 510. The molecule has 0 aromatic heterocycles. The van der Waals surface area contributed by atoms with Gasteiger partial charge in [-0.3, -0.25) is 4.79 Å². The van der Waals surface area contributed by atoms with Crippen molar-refractivity contribution in [3.8, 4) is 0 Å². The monoisotopic (exact) mass is 331 g/mol. The van der Waals surface area contributed by atoms with Crippen molar-refractivity contribution < 1.29 is 9.53 Å². The third-order valence-corrected chi connectivity index (χ3v) is 7.55. The highest BCUT2D eigenvalue weighted by molar-refractivity contribution is 5.75. The first-order valence-corrected chi connectivity index (χ1v) is 10.2.